The van der Waals surface area contributed by atoms with E-state index in [1.807, 2.05) is 6.92 Å². The largest absolute Gasteiger partial charge is 0.458 e. The Morgan fingerprint density at radius 1 is 0.842 bits per heavy atom. The number of rotatable bonds is 6. The molecule has 38 heavy (non-hydrogen) atoms. The van der Waals surface area contributed by atoms with Crippen molar-refractivity contribution in [3.8, 4) is 17.6 Å². The fraction of sp³-hybridized carbons (Fsp3) is 0.214. The SMILES string of the molecule is CCCCc1ccc2c(Cl)c(C(F)(F)Oc3ccc4c(F)c(C#CC(F)(F)F)c(F)cc4c3)c(F)cc2c1. The van der Waals surface area contributed by atoms with E-state index in [2.05, 4.69) is 0 Å². The van der Waals surface area contributed by atoms with Gasteiger partial charge in [-0.3, -0.25) is 0 Å². The Balaban J connectivity index is 1.71. The number of aryl methyl sites for hydroxylation is 1. The lowest BCUT2D eigenvalue weighted by Crippen LogP contribution is -2.24. The van der Waals surface area contributed by atoms with Crippen molar-refractivity contribution in [2.45, 2.75) is 38.5 Å². The summed E-state index contributed by atoms with van der Waals surface area (Å²) >= 11 is 6.18. The van der Waals surface area contributed by atoms with Gasteiger partial charge in [-0.15, -0.1) is 0 Å². The third-order valence-electron chi connectivity index (χ3n) is 5.78. The Hall–Kier alpha value is -3.51. The van der Waals surface area contributed by atoms with Crippen LogP contribution in [0.4, 0.5) is 35.1 Å². The van der Waals surface area contributed by atoms with Gasteiger partial charge in [0, 0.05) is 16.7 Å². The first-order chi connectivity index (χ1) is 17.8. The van der Waals surface area contributed by atoms with Gasteiger partial charge in [0.15, 0.2) is 0 Å². The molecule has 0 unspecified atom stereocenters. The van der Waals surface area contributed by atoms with Crippen LogP contribution in [0.5, 0.6) is 5.75 Å². The van der Waals surface area contributed by atoms with E-state index >= 15 is 8.78 Å². The van der Waals surface area contributed by atoms with Crippen LogP contribution in [0.2, 0.25) is 5.02 Å². The Kier molecular flexibility index (Phi) is 7.48. The van der Waals surface area contributed by atoms with Crippen molar-refractivity contribution in [3.63, 3.8) is 0 Å². The Morgan fingerprint density at radius 2 is 1.50 bits per heavy atom. The van der Waals surface area contributed by atoms with Gasteiger partial charge in [0.05, 0.1) is 10.6 Å². The fourth-order valence-corrected chi connectivity index (χ4v) is 4.37. The molecule has 0 bridgehead atoms. The van der Waals surface area contributed by atoms with E-state index in [1.165, 1.54) is 12.0 Å². The lowest BCUT2D eigenvalue weighted by molar-refractivity contribution is -0.187. The molecule has 4 aromatic carbocycles. The Labute approximate surface area is 217 Å². The predicted octanol–water partition coefficient (Wildman–Crippen LogP) is 9.45. The smallest absolute Gasteiger partial charge is 0.429 e. The zero-order chi connectivity index (χ0) is 27.8. The molecule has 0 heterocycles. The average Bonchev–Trinajstić information content (AvgIpc) is 2.81. The third kappa shape index (κ3) is 5.65. The van der Waals surface area contributed by atoms with Gasteiger partial charge in [-0.05, 0) is 59.5 Å². The standard InChI is InChI=1S/C28H17ClF8O/c1-2-3-4-15-5-7-19-16(11-15)14-23(31)24(25(19)29)28(36,37)38-18-6-8-20-17(12-18)13-22(30)21(26(20)32)9-10-27(33,34)35/h5-8,11-14H,2-4H2,1H3. The molecule has 0 aromatic heterocycles. The summed E-state index contributed by atoms with van der Waals surface area (Å²) in [6.07, 6.45) is -6.70. The molecular weight excluding hydrogens is 540 g/mol. The summed E-state index contributed by atoms with van der Waals surface area (Å²) in [4.78, 5) is 0. The van der Waals surface area contributed by atoms with Gasteiger partial charge in [0.1, 0.15) is 28.8 Å². The van der Waals surface area contributed by atoms with Crippen molar-refractivity contribution in [2.75, 3.05) is 0 Å². The molecule has 4 aromatic rings. The highest BCUT2D eigenvalue weighted by Crippen LogP contribution is 2.42. The highest BCUT2D eigenvalue weighted by Gasteiger charge is 2.41. The second-order valence-electron chi connectivity index (χ2n) is 8.50. The number of ether oxygens (including phenoxy) is 1. The molecule has 0 amide bonds. The molecule has 0 aliphatic heterocycles. The topological polar surface area (TPSA) is 9.23 Å². The highest BCUT2D eigenvalue weighted by atomic mass is 35.5. The molecule has 0 N–H and O–H groups in total. The fourth-order valence-electron chi connectivity index (χ4n) is 4.00. The van der Waals surface area contributed by atoms with Crippen LogP contribution in [0.15, 0.2) is 48.5 Å². The van der Waals surface area contributed by atoms with Crippen LogP contribution in [0, 0.1) is 29.3 Å². The number of benzene rings is 4. The highest BCUT2D eigenvalue weighted by molar-refractivity contribution is 6.36. The second kappa shape index (κ2) is 10.3. The maximum atomic E-state index is 15.2. The second-order valence-corrected chi connectivity index (χ2v) is 8.88. The van der Waals surface area contributed by atoms with E-state index in [-0.39, 0.29) is 16.2 Å². The van der Waals surface area contributed by atoms with Crippen LogP contribution in [0.3, 0.4) is 0 Å². The molecule has 0 atom stereocenters. The third-order valence-corrected chi connectivity index (χ3v) is 6.17. The minimum absolute atomic E-state index is 0.182. The summed E-state index contributed by atoms with van der Waals surface area (Å²) in [6, 6.07) is 9.08. The minimum atomic E-state index is -4.98. The van der Waals surface area contributed by atoms with Crippen LogP contribution < -0.4 is 4.74 Å². The molecule has 0 fully saturated rings. The number of hydrogen-bond acceptors (Lipinski definition) is 1. The first-order valence-corrected chi connectivity index (χ1v) is 11.7. The summed E-state index contributed by atoms with van der Waals surface area (Å²) in [7, 11) is 0. The van der Waals surface area contributed by atoms with Crippen LogP contribution in [0.25, 0.3) is 21.5 Å². The van der Waals surface area contributed by atoms with Gasteiger partial charge in [0.25, 0.3) is 0 Å². The summed E-state index contributed by atoms with van der Waals surface area (Å²) in [5.41, 5.74) is -1.45. The molecule has 198 valence electrons. The Morgan fingerprint density at radius 3 is 2.18 bits per heavy atom. The van der Waals surface area contributed by atoms with Gasteiger partial charge < -0.3 is 4.74 Å². The molecular formula is C28H17ClF8O. The predicted molar refractivity (Wildman–Crippen MR) is 129 cm³/mol. The normalized spacial score (nSPS) is 12.1. The number of unbranched alkanes of at least 4 members (excludes halogenated alkanes) is 1. The number of fused-ring (bicyclic) bond motifs is 2. The van der Waals surface area contributed by atoms with E-state index in [9.17, 15) is 26.3 Å². The van der Waals surface area contributed by atoms with Crippen LogP contribution in [0.1, 0.15) is 36.5 Å². The van der Waals surface area contributed by atoms with Crippen LogP contribution in [-0.2, 0) is 12.5 Å². The first-order valence-electron chi connectivity index (χ1n) is 11.3. The molecule has 10 heteroatoms. The van der Waals surface area contributed by atoms with Gasteiger partial charge in [0.2, 0.25) is 0 Å². The zero-order valence-electron chi connectivity index (χ0n) is 19.6. The van der Waals surface area contributed by atoms with E-state index in [1.54, 1.807) is 12.1 Å². The van der Waals surface area contributed by atoms with Gasteiger partial charge in [-0.2, -0.15) is 22.0 Å². The van der Waals surface area contributed by atoms with Crippen molar-refractivity contribution in [3.05, 3.63) is 87.7 Å². The van der Waals surface area contributed by atoms with E-state index in [4.69, 9.17) is 16.3 Å². The van der Waals surface area contributed by atoms with Crippen molar-refractivity contribution >= 4 is 33.1 Å². The molecule has 0 aliphatic carbocycles. The van der Waals surface area contributed by atoms with Crippen LogP contribution in [-0.4, -0.2) is 6.18 Å². The van der Waals surface area contributed by atoms with Crippen molar-refractivity contribution in [1.29, 1.82) is 0 Å². The maximum Gasteiger partial charge on any atom is 0.458 e. The molecule has 1 nitrogen and oxygen atoms in total. The molecule has 0 spiro atoms. The molecule has 0 saturated carbocycles. The lowest BCUT2D eigenvalue weighted by Gasteiger charge is -2.21. The summed E-state index contributed by atoms with van der Waals surface area (Å²) in [5, 5.41) is -0.723. The maximum absolute atomic E-state index is 15.2. The zero-order valence-corrected chi connectivity index (χ0v) is 20.3. The number of alkyl halides is 5. The summed E-state index contributed by atoms with van der Waals surface area (Å²) in [5.74, 6) is -2.57. The average molecular weight is 557 g/mol. The first kappa shape index (κ1) is 27.5. The molecule has 4 rings (SSSR count). The monoisotopic (exact) mass is 556 g/mol. The molecule has 0 saturated heterocycles. The number of hydrogen-bond donors (Lipinski definition) is 0. The van der Waals surface area contributed by atoms with Crippen molar-refractivity contribution in [2.24, 2.45) is 0 Å². The number of halogens is 9. The minimum Gasteiger partial charge on any atom is -0.429 e. The van der Waals surface area contributed by atoms with Crippen LogP contribution >= 0.6 is 11.6 Å². The quantitative estimate of drug-likeness (QED) is 0.170. The lowest BCUT2D eigenvalue weighted by atomic mass is 10.0. The van der Waals surface area contributed by atoms with E-state index < -0.39 is 51.6 Å². The molecule has 0 aliphatic rings. The van der Waals surface area contributed by atoms with Crippen molar-refractivity contribution in [1.82, 2.24) is 0 Å². The molecule has 0 radical (unpaired) electrons. The van der Waals surface area contributed by atoms with E-state index in [0.29, 0.717) is 11.5 Å². The van der Waals surface area contributed by atoms with Gasteiger partial charge in [-0.25, -0.2) is 13.2 Å². The van der Waals surface area contributed by atoms with E-state index in [0.717, 1.165) is 55.0 Å². The Bertz CT molecular complexity index is 1600. The summed E-state index contributed by atoms with van der Waals surface area (Å²) in [6.45, 7) is 2.01. The van der Waals surface area contributed by atoms with Gasteiger partial charge in [-0.1, -0.05) is 49.1 Å². The van der Waals surface area contributed by atoms with Gasteiger partial charge >= 0.3 is 12.3 Å². The van der Waals surface area contributed by atoms with Crippen molar-refractivity contribution < 1.29 is 39.9 Å². The summed E-state index contributed by atoms with van der Waals surface area (Å²) < 4.78 is 116.